The predicted molar refractivity (Wildman–Crippen MR) is 96.5 cm³/mol. The van der Waals surface area contributed by atoms with Crippen LogP contribution in [0, 0.1) is 5.92 Å². The number of likely N-dealkylation sites (tertiary alicyclic amines) is 2. The first-order valence-electron chi connectivity index (χ1n) is 9.07. The quantitative estimate of drug-likeness (QED) is 0.778. The van der Waals surface area contributed by atoms with E-state index in [1.54, 1.807) is 0 Å². The third kappa shape index (κ3) is 2.94. The van der Waals surface area contributed by atoms with Crippen molar-refractivity contribution in [2.75, 3.05) is 31.9 Å². The van der Waals surface area contributed by atoms with Crippen LogP contribution in [0.2, 0.25) is 0 Å². The summed E-state index contributed by atoms with van der Waals surface area (Å²) in [5, 5.41) is 3.17. The lowest BCUT2D eigenvalue weighted by Gasteiger charge is -2.57. The number of amides is 3. The van der Waals surface area contributed by atoms with Crippen molar-refractivity contribution >= 4 is 34.2 Å². The summed E-state index contributed by atoms with van der Waals surface area (Å²) in [6.45, 7) is 2.43. The summed E-state index contributed by atoms with van der Waals surface area (Å²) in [5.74, 6) is -0.0628. The van der Waals surface area contributed by atoms with Gasteiger partial charge in [0.1, 0.15) is 4.88 Å². The van der Waals surface area contributed by atoms with Crippen LogP contribution in [0.15, 0.2) is 6.20 Å². The standard InChI is InChI=1S/C17H23N5O3S/c18-16-20-9-12(26-16)15(25)22-7-5-17(22)4-1-6-21(10-17)14(24)11-2-3-13(23)19-8-11/h9,11H,1-8,10H2,(H2,18,20)(H,19,23). The molecule has 0 aromatic carbocycles. The highest BCUT2D eigenvalue weighted by atomic mass is 32.1. The van der Waals surface area contributed by atoms with E-state index >= 15 is 0 Å². The highest BCUT2D eigenvalue weighted by molar-refractivity contribution is 7.17. The van der Waals surface area contributed by atoms with E-state index in [2.05, 4.69) is 10.3 Å². The van der Waals surface area contributed by atoms with Gasteiger partial charge in [-0.3, -0.25) is 14.4 Å². The van der Waals surface area contributed by atoms with Crippen LogP contribution in [0.1, 0.15) is 41.8 Å². The van der Waals surface area contributed by atoms with Crippen molar-refractivity contribution in [3.63, 3.8) is 0 Å². The van der Waals surface area contributed by atoms with Crippen molar-refractivity contribution in [3.8, 4) is 0 Å². The van der Waals surface area contributed by atoms with Crippen molar-refractivity contribution in [1.29, 1.82) is 0 Å². The van der Waals surface area contributed by atoms with Crippen molar-refractivity contribution in [2.45, 2.75) is 37.6 Å². The summed E-state index contributed by atoms with van der Waals surface area (Å²) in [6, 6.07) is 0. The van der Waals surface area contributed by atoms with E-state index in [0.717, 1.165) is 25.8 Å². The molecule has 0 saturated carbocycles. The van der Waals surface area contributed by atoms with Gasteiger partial charge in [-0.1, -0.05) is 11.3 Å². The van der Waals surface area contributed by atoms with Crippen LogP contribution in [-0.4, -0.2) is 64.2 Å². The van der Waals surface area contributed by atoms with Crippen LogP contribution in [-0.2, 0) is 9.59 Å². The van der Waals surface area contributed by atoms with E-state index in [1.165, 1.54) is 17.5 Å². The maximum Gasteiger partial charge on any atom is 0.266 e. The lowest BCUT2D eigenvalue weighted by molar-refractivity contribution is -0.143. The van der Waals surface area contributed by atoms with Crippen molar-refractivity contribution in [1.82, 2.24) is 20.1 Å². The number of nitrogens with one attached hydrogen (secondary N) is 1. The molecule has 8 nitrogen and oxygen atoms in total. The highest BCUT2D eigenvalue weighted by Gasteiger charge is 2.51. The summed E-state index contributed by atoms with van der Waals surface area (Å²) in [7, 11) is 0. The third-order valence-corrected chi connectivity index (χ3v) is 6.65. The fourth-order valence-electron chi connectivity index (χ4n) is 4.30. The first-order valence-corrected chi connectivity index (χ1v) is 9.89. The molecule has 2 unspecified atom stereocenters. The Morgan fingerprint density at radius 3 is 2.81 bits per heavy atom. The van der Waals surface area contributed by atoms with Crippen LogP contribution < -0.4 is 11.1 Å². The minimum absolute atomic E-state index is 0.0174. The largest absolute Gasteiger partial charge is 0.375 e. The lowest BCUT2D eigenvalue weighted by Crippen LogP contribution is -2.69. The van der Waals surface area contributed by atoms with E-state index in [9.17, 15) is 14.4 Å². The number of carbonyl (C=O) groups excluding carboxylic acids is 3. The number of carbonyl (C=O) groups is 3. The van der Waals surface area contributed by atoms with E-state index in [4.69, 9.17) is 5.73 Å². The number of rotatable bonds is 2. The van der Waals surface area contributed by atoms with E-state index in [0.29, 0.717) is 42.5 Å². The molecule has 2 atom stereocenters. The Morgan fingerprint density at radius 2 is 2.19 bits per heavy atom. The van der Waals surface area contributed by atoms with Gasteiger partial charge in [0.05, 0.1) is 17.7 Å². The molecule has 0 aliphatic carbocycles. The van der Waals surface area contributed by atoms with Gasteiger partial charge in [-0.25, -0.2) is 4.98 Å². The average molecular weight is 377 g/mol. The van der Waals surface area contributed by atoms with Gasteiger partial charge in [-0.15, -0.1) is 0 Å². The topological polar surface area (TPSA) is 109 Å². The number of aromatic nitrogens is 1. The van der Waals surface area contributed by atoms with E-state index in [-0.39, 0.29) is 29.2 Å². The molecule has 4 rings (SSSR count). The summed E-state index contributed by atoms with van der Waals surface area (Å²) in [4.78, 5) is 45.3. The molecule has 1 aromatic rings. The molecule has 3 aliphatic rings. The van der Waals surface area contributed by atoms with Gasteiger partial charge in [-0.2, -0.15) is 0 Å². The molecule has 26 heavy (non-hydrogen) atoms. The number of hydrogen-bond donors (Lipinski definition) is 2. The van der Waals surface area contributed by atoms with E-state index in [1.807, 2.05) is 9.80 Å². The summed E-state index contributed by atoms with van der Waals surface area (Å²) >= 11 is 1.21. The molecule has 140 valence electrons. The second-order valence-electron chi connectivity index (χ2n) is 7.40. The van der Waals surface area contributed by atoms with Gasteiger partial charge in [0.15, 0.2) is 5.13 Å². The molecule has 0 bridgehead atoms. The SMILES string of the molecule is Nc1ncc(C(=O)N2CCC23CCCN(C(=O)C2CCC(=O)NC2)C3)s1. The van der Waals surface area contributed by atoms with Gasteiger partial charge in [-0.05, 0) is 25.7 Å². The number of nitrogens with zero attached hydrogens (tertiary/aromatic N) is 3. The second-order valence-corrected chi connectivity index (χ2v) is 8.46. The smallest absolute Gasteiger partial charge is 0.266 e. The fraction of sp³-hybridized carbons (Fsp3) is 0.647. The number of nitrogen functional groups attached to an aromatic ring is 1. The molecule has 3 N–H and O–H groups in total. The molecule has 3 saturated heterocycles. The monoisotopic (exact) mass is 377 g/mol. The van der Waals surface area contributed by atoms with Crippen molar-refractivity contribution in [2.24, 2.45) is 5.92 Å². The number of thiazole rings is 1. The predicted octanol–water partition coefficient (Wildman–Crippen LogP) is 0.459. The fourth-order valence-corrected chi connectivity index (χ4v) is 4.94. The van der Waals surface area contributed by atoms with Gasteiger partial charge in [0.25, 0.3) is 5.91 Å². The average Bonchev–Trinajstić information content (AvgIpc) is 3.07. The molecule has 3 amide bonds. The zero-order valence-corrected chi connectivity index (χ0v) is 15.4. The van der Waals surface area contributed by atoms with Crippen molar-refractivity contribution < 1.29 is 14.4 Å². The Hall–Kier alpha value is -2.16. The normalized spacial score (nSPS) is 28.6. The minimum Gasteiger partial charge on any atom is -0.375 e. The first-order chi connectivity index (χ1) is 12.5. The van der Waals surface area contributed by atoms with Gasteiger partial charge in [0.2, 0.25) is 11.8 Å². The Bertz CT molecular complexity index is 741. The number of hydrogen-bond acceptors (Lipinski definition) is 6. The molecule has 0 radical (unpaired) electrons. The molecule has 1 aromatic heterocycles. The zero-order chi connectivity index (χ0) is 18.3. The first kappa shape index (κ1) is 17.3. The molecule has 1 spiro atoms. The second kappa shape index (κ2) is 6.53. The number of piperidine rings is 2. The van der Waals surface area contributed by atoms with Crippen LogP contribution in [0.3, 0.4) is 0 Å². The molecular weight excluding hydrogens is 354 g/mol. The summed E-state index contributed by atoms with van der Waals surface area (Å²) in [5.41, 5.74) is 5.39. The Labute approximate surface area is 155 Å². The minimum atomic E-state index is -0.262. The van der Waals surface area contributed by atoms with Gasteiger partial charge in [0, 0.05) is 32.6 Å². The molecule has 3 fully saturated rings. The van der Waals surface area contributed by atoms with Crippen LogP contribution >= 0.6 is 11.3 Å². The van der Waals surface area contributed by atoms with Gasteiger partial charge >= 0.3 is 0 Å². The van der Waals surface area contributed by atoms with Crippen LogP contribution in [0.4, 0.5) is 5.13 Å². The van der Waals surface area contributed by atoms with Gasteiger partial charge < -0.3 is 20.9 Å². The molecule has 4 heterocycles. The Morgan fingerprint density at radius 1 is 1.35 bits per heavy atom. The maximum absolute atomic E-state index is 12.9. The summed E-state index contributed by atoms with van der Waals surface area (Å²) in [6.07, 6.45) is 5.27. The number of nitrogens with two attached hydrogens (primary N) is 1. The molecular formula is C17H23N5O3S. The summed E-state index contributed by atoms with van der Waals surface area (Å²) < 4.78 is 0. The Kier molecular flexibility index (Phi) is 4.34. The molecule has 9 heteroatoms. The highest BCUT2D eigenvalue weighted by Crippen LogP contribution is 2.40. The van der Waals surface area contributed by atoms with Crippen LogP contribution in [0.25, 0.3) is 0 Å². The Balaban J connectivity index is 1.45. The molecule has 3 aliphatic heterocycles. The maximum atomic E-state index is 12.9. The zero-order valence-electron chi connectivity index (χ0n) is 14.6. The third-order valence-electron chi connectivity index (χ3n) is 5.83. The van der Waals surface area contributed by atoms with Crippen LogP contribution in [0.5, 0.6) is 0 Å². The van der Waals surface area contributed by atoms with E-state index < -0.39 is 0 Å². The lowest BCUT2D eigenvalue weighted by atomic mass is 9.77. The number of anilines is 1. The van der Waals surface area contributed by atoms with Crippen molar-refractivity contribution in [3.05, 3.63) is 11.1 Å².